The second-order valence-corrected chi connectivity index (χ2v) is 4.75. The van der Waals surface area contributed by atoms with Gasteiger partial charge in [0.05, 0.1) is 4.92 Å². The number of nitrogens with one attached hydrogen (secondary N) is 1. The lowest BCUT2D eigenvalue weighted by Crippen LogP contribution is -2.04. The van der Waals surface area contributed by atoms with E-state index < -0.39 is 4.92 Å². The summed E-state index contributed by atoms with van der Waals surface area (Å²) in [6, 6.07) is 10.7. The Morgan fingerprint density at radius 1 is 1.26 bits per heavy atom. The van der Waals surface area contributed by atoms with Gasteiger partial charge < -0.3 is 11.1 Å². The van der Waals surface area contributed by atoms with Crippen molar-refractivity contribution in [2.45, 2.75) is 6.54 Å². The summed E-state index contributed by atoms with van der Waals surface area (Å²) >= 11 is 3.36. The minimum atomic E-state index is -0.555. The largest absolute Gasteiger partial charge is 0.378 e. The third-order valence-corrected chi connectivity index (χ3v) is 3.01. The number of hydrogen-bond donors (Lipinski definition) is 2. The predicted molar refractivity (Wildman–Crippen MR) is 76.8 cm³/mol. The molecule has 3 N–H and O–H groups in total. The number of halogens is 1. The van der Waals surface area contributed by atoms with Crippen LogP contribution in [0.1, 0.15) is 5.56 Å². The van der Waals surface area contributed by atoms with Gasteiger partial charge in [0.15, 0.2) is 0 Å². The molecule has 1 aromatic carbocycles. The van der Waals surface area contributed by atoms with Crippen LogP contribution in [0, 0.1) is 10.1 Å². The van der Waals surface area contributed by atoms with Gasteiger partial charge in [-0.1, -0.05) is 28.1 Å². The van der Waals surface area contributed by atoms with Gasteiger partial charge in [-0.05, 0) is 23.8 Å². The second-order valence-electron chi connectivity index (χ2n) is 3.84. The summed E-state index contributed by atoms with van der Waals surface area (Å²) in [5.74, 6) is 0.414. The lowest BCUT2D eigenvalue weighted by Gasteiger charge is -2.06. The molecule has 7 heteroatoms. The van der Waals surface area contributed by atoms with Crippen molar-refractivity contribution in [1.82, 2.24) is 4.98 Å². The summed E-state index contributed by atoms with van der Waals surface area (Å²) in [5, 5.41) is 13.7. The number of pyridine rings is 1. The molecule has 0 amide bonds. The van der Waals surface area contributed by atoms with Crippen molar-refractivity contribution < 1.29 is 4.92 Å². The van der Waals surface area contributed by atoms with Crippen molar-refractivity contribution in [2.75, 3.05) is 11.1 Å². The number of nitro groups is 1. The van der Waals surface area contributed by atoms with Crippen LogP contribution in [-0.4, -0.2) is 9.91 Å². The Bertz CT molecular complexity index is 601. The fourth-order valence-electron chi connectivity index (χ4n) is 1.52. The van der Waals surface area contributed by atoms with Crippen LogP contribution < -0.4 is 11.1 Å². The van der Waals surface area contributed by atoms with Crippen LogP contribution in [0.3, 0.4) is 0 Å². The number of rotatable bonds is 4. The highest BCUT2D eigenvalue weighted by atomic mass is 79.9. The number of hydrogen-bond acceptors (Lipinski definition) is 5. The Labute approximate surface area is 117 Å². The molecule has 0 saturated carbocycles. The lowest BCUT2D eigenvalue weighted by atomic mass is 10.2. The van der Waals surface area contributed by atoms with Gasteiger partial charge in [0.1, 0.15) is 5.82 Å². The summed E-state index contributed by atoms with van der Waals surface area (Å²) in [5.41, 5.74) is 6.40. The first-order chi connectivity index (χ1) is 9.06. The SMILES string of the molecule is Nc1nc(NCc2ccc(Br)cc2)ccc1[N+](=O)[O-]. The average molecular weight is 323 g/mol. The van der Waals surface area contributed by atoms with E-state index in [2.05, 4.69) is 26.2 Å². The molecule has 0 unspecified atom stereocenters. The van der Waals surface area contributed by atoms with Crippen LogP contribution in [0.5, 0.6) is 0 Å². The predicted octanol–water partition coefficient (Wildman–Crippen LogP) is 2.95. The maximum atomic E-state index is 10.6. The number of nitrogens with zero attached hydrogens (tertiary/aromatic N) is 2. The number of anilines is 2. The Balaban J connectivity index is 2.06. The quantitative estimate of drug-likeness (QED) is 0.666. The van der Waals surface area contributed by atoms with Gasteiger partial charge in [-0.15, -0.1) is 0 Å². The monoisotopic (exact) mass is 322 g/mol. The van der Waals surface area contributed by atoms with Gasteiger partial charge in [-0.3, -0.25) is 10.1 Å². The van der Waals surface area contributed by atoms with Crippen molar-refractivity contribution in [3.8, 4) is 0 Å². The summed E-state index contributed by atoms with van der Waals surface area (Å²) in [6.45, 7) is 0.567. The number of benzene rings is 1. The topological polar surface area (TPSA) is 94.1 Å². The molecule has 98 valence electrons. The zero-order valence-electron chi connectivity index (χ0n) is 9.84. The minimum absolute atomic E-state index is 0.0918. The van der Waals surface area contributed by atoms with Crippen molar-refractivity contribution >= 4 is 33.3 Å². The first-order valence-corrected chi connectivity index (χ1v) is 6.25. The van der Waals surface area contributed by atoms with Crippen LogP contribution >= 0.6 is 15.9 Å². The molecule has 0 fully saturated rings. The Kier molecular flexibility index (Phi) is 3.96. The smallest absolute Gasteiger partial charge is 0.311 e. The van der Waals surface area contributed by atoms with Gasteiger partial charge >= 0.3 is 5.69 Å². The van der Waals surface area contributed by atoms with Gasteiger partial charge in [0.25, 0.3) is 0 Å². The highest BCUT2D eigenvalue weighted by Gasteiger charge is 2.12. The minimum Gasteiger partial charge on any atom is -0.378 e. The normalized spacial score (nSPS) is 10.2. The van der Waals surface area contributed by atoms with Crippen molar-refractivity contribution in [3.63, 3.8) is 0 Å². The number of aromatic nitrogens is 1. The third kappa shape index (κ3) is 3.41. The van der Waals surface area contributed by atoms with E-state index in [4.69, 9.17) is 5.73 Å². The summed E-state index contributed by atoms with van der Waals surface area (Å²) in [6.07, 6.45) is 0. The third-order valence-electron chi connectivity index (χ3n) is 2.49. The molecule has 0 aliphatic carbocycles. The molecule has 2 rings (SSSR count). The van der Waals surface area contributed by atoms with E-state index in [9.17, 15) is 10.1 Å². The maximum Gasteiger partial charge on any atom is 0.311 e. The van der Waals surface area contributed by atoms with E-state index in [0.29, 0.717) is 12.4 Å². The molecule has 0 atom stereocenters. The molecule has 0 bridgehead atoms. The lowest BCUT2D eigenvalue weighted by molar-refractivity contribution is -0.384. The average Bonchev–Trinajstić information content (AvgIpc) is 2.37. The van der Waals surface area contributed by atoms with Crippen molar-refractivity contribution in [2.24, 2.45) is 0 Å². The molecule has 2 aromatic rings. The Morgan fingerprint density at radius 3 is 2.53 bits per heavy atom. The standard InChI is InChI=1S/C12H11BrN4O2/c13-9-3-1-8(2-4-9)7-15-11-6-5-10(17(18)19)12(14)16-11/h1-6H,7H2,(H3,14,15,16). The van der Waals surface area contributed by atoms with E-state index in [1.807, 2.05) is 24.3 Å². The second kappa shape index (κ2) is 5.66. The van der Waals surface area contributed by atoms with Gasteiger partial charge in [-0.25, -0.2) is 4.98 Å². The molecule has 19 heavy (non-hydrogen) atoms. The van der Waals surface area contributed by atoms with Crippen LogP contribution in [0.4, 0.5) is 17.3 Å². The van der Waals surface area contributed by atoms with Gasteiger partial charge in [-0.2, -0.15) is 0 Å². The summed E-state index contributed by atoms with van der Waals surface area (Å²) < 4.78 is 1.01. The zero-order valence-corrected chi connectivity index (χ0v) is 11.4. The molecule has 1 heterocycles. The van der Waals surface area contributed by atoms with Gasteiger partial charge in [0, 0.05) is 17.1 Å². The van der Waals surface area contributed by atoms with Crippen LogP contribution in [-0.2, 0) is 6.54 Å². The fraction of sp³-hybridized carbons (Fsp3) is 0.0833. The van der Waals surface area contributed by atoms with Crippen LogP contribution in [0.15, 0.2) is 40.9 Å². The zero-order chi connectivity index (χ0) is 13.8. The molecule has 0 aliphatic heterocycles. The van der Waals surface area contributed by atoms with Crippen molar-refractivity contribution in [1.29, 1.82) is 0 Å². The Hall–Kier alpha value is -2.15. The maximum absolute atomic E-state index is 10.6. The summed E-state index contributed by atoms with van der Waals surface area (Å²) in [7, 11) is 0. The van der Waals surface area contributed by atoms with E-state index in [1.54, 1.807) is 0 Å². The van der Waals surface area contributed by atoms with Gasteiger partial charge in [0.2, 0.25) is 5.82 Å². The van der Waals surface area contributed by atoms with Crippen LogP contribution in [0.2, 0.25) is 0 Å². The molecule has 0 spiro atoms. The molecule has 1 aromatic heterocycles. The fourth-order valence-corrected chi connectivity index (χ4v) is 1.78. The van der Waals surface area contributed by atoms with E-state index in [0.717, 1.165) is 10.0 Å². The number of nitrogens with two attached hydrogens (primary N) is 1. The van der Waals surface area contributed by atoms with Crippen LogP contribution in [0.25, 0.3) is 0 Å². The molecule has 0 radical (unpaired) electrons. The van der Waals surface area contributed by atoms with Crippen molar-refractivity contribution in [3.05, 3.63) is 56.5 Å². The molecule has 0 saturated heterocycles. The number of nitrogen functional groups attached to an aromatic ring is 1. The van der Waals surface area contributed by atoms with E-state index >= 15 is 0 Å². The van der Waals surface area contributed by atoms with E-state index in [-0.39, 0.29) is 11.5 Å². The first-order valence-electron chi connectivity index (χ1n) is 5.45. The molecular weight excluding hydrogens is 312 g/mol. The summed E-state index contributed by atoms with van der Waals surface area (Å²) in [4.78, 5) is 14.0. The highest BCUT2D eigenvalue weighted by molar-refractivity contribution is 9.10. The molecule has 0 aliphatic rings. The van der Waals surface area contributed by atoms with E-state index in [1.165, 1.54) is 12.1 Å². The first kappa shape index (κ1) is 13.3. The molecular formula is C12H11BrN4O2. The Morgan fingerprint density at radius 2 is 1.95 bits per heavy atom. The highest BCUT2D eigenvalue weighted by Crippen LogP contribution is 2.21. The molecule has 6 nitrogen and oxygen atoms in total.